The van der Waals surface area contributed by atoms with E-state index in [0.717, 1.165) is 18.9 Å². The second-order valence-corrected chi connectivity index (χ2v) is 5.85. The Kier molecular flexibility index (Phi) is 5.56. The van der Waals surface area contributed by atoms with Crippen LogP contribution in [0.5, 0.6) is 0 Å². The average molecular weight is 339 g/mol. The molecule has 1 saturated heterocycles. The van der Waals surface area contributed by atoms with E-state index in [1.54, 1.807) is 30.7 Å². The Morgan fingerprint density at radius 3 is 2.52 bits per heavy atom. The van der Waals surface area contributed by atoms with Gasteiger partial charge in [-0.3, -0.25) is 14.6 Å². The van der Waals surface area contributed by atoms with Crippen LogP contribution in [0, 0.1) is 0 Å². The highest BCUT2D eigenvalue weighted by molar-refractivity contribution is 5.93. The molecular weight excluding hydrogens is 318 g/mol. The molecule has 0 spiro atoms. The van der Waals surface area contributed by atoms with E-state index >= 15 is 0 Å². The van der Waals surface area contributed by atoms with Crippen LogP contribution >= 0.6 is 0 Å². The Morgan fingerprint density at radius 2 is 1.84 bits per heavy atom. The number of piperazine rings is 1. The minimum absolute atomic E-state index is 0.0157. The van der Waals surface area contributed by atoms with Crippen LogP contribution in [0.2, 0.25) is 0 Å². The summed E-state index contributed by atoms with van der Waals surface area (Å²) in [6.07, 6.45) is 5.39. The van der Waals surface area contributed by atoms with Crippen molar-refractivity contribution in [2.75, 3.05) is 36.4 Å². The molecule has 3 heterocycles. The van der Waals surface area contributed by atoms with Crippen molar-refractivity contribution >= 4 is 23.3 Å². The summed E-state index contributed by atoms with van der Waals surface area (Å²) in [4.78, 5) is 36.5. The molecular formula is C18H21N5O2. The van der Waals surface area contributed by atoms with E-state index in [1.807, 2.05) is 23.1 Å². The first-order valence-corrected chi connectivity index (χ1v) is 8.36. The van der Waals surface area contributed by atoms with Gasteiger partial charge in [-0.1, -0.05) is 6.07 Å². The zero-order valence-electron chi connectivity index (χ0n) is 14.0. The molecule has 0 atom stereocenters. The quantitative estimate of drug-likeness (QED) is 0.894. The highest BCUT2D eigenvalue weighted by Gasteiger charge is 2.22. The third-order valence-corrected chi connectivity index (χ3v) is 4.12. The summed E-state index contributed by atoms with van der Waals surface area (Å²) in [5.74, 6) is 0.779. The average Bonchev–Trinajstić information content (AvgIpc) is 2.68. The molecule has 3 rings (SSSR count). The molecule has 2 aromatic heterocycles. The number of hydrogen-bond donors (Lipinski definition) is 1. The zero-order chi connectivity index (χ0) is 17.5. The zero-order valence-corrected chi connectivity index (χ0v) is 14.0. The summed E-state index contributed by atoms with van der Waals surface area (Å²) in [5, 5.41) is 2.74. The fourth-order valence-electron chi connectivity index (χ4n) is 2.76. The Morgan fingerprint density at radius 1 is 1.00 bits per heavy atom. The van der Waals surface area contributed by atoms with Gasteiger partial charge in [-0.15, -0.1) is 0 Å². The minimum atomic E-state index is -0.173. The van der Waals surface area contributed by atoms with Crippen molar-refractivity contribution in [2.45, 2.75) is 12.8 Å². The lowest BCUT2D eigenvalue weighted by molar-refractivity contribution is -0.133. The van der Waals surface area contributed by atoms with E-state index < -0.39 is 0 Å². The second kappa shape index (κ2) is 8.23. The maximum absolute atomic E-state index is 12.3. The molecule has 7 nitrogen and oxygen atoms in total. The van der Waals surface area contributed by atoms with Gasteiger partial charge < -0.3 is 15.1 Å². The highest BCUT2D eigenvalue weighted by Crippen LogP contribution is 2.13. The Bertz CT molecular complexity index is 700. The first-order chi connectivity index (χ1) is 12.2. The Balaban J connectivity index is 1.41. The van der Waals surface area contributed by atoms with Crippen LogP contribution in [0.25, 0.3) is 0 Å². The molecule has 7 heteroatoms. The lowest BCUT2D eigenvalue weighted by atomic mass is 10.2. The monoisotopic (exact) mass is 339 g/mol. The predicted molar refractivity (Wildman–Crippen MR) is 95.1 cm³/mol. The van der Waals surface area contributed by atoms with E-state index in [1.165, 1.54) is 0 Å². The number of rotatable bonds is 5. The summed E-state index contributed by atoms with van der Waals surface area (Å²) in [6, 6.07) is 9.34. The lowest BCUT2D eigenvalue weighted by Crippen LogP contribution is -2.49. The number of nitrogens with one attached hydrogen (secondary N) is 1. The molecule has 0 radical (unpaired) electrons. The number of hydrogen-bond acceptors (Lipinski definition) is 5. The van der Waals surface area contributed by atoms with Crippen LogP contribution in [0.15, 0.2) is 48.9 Å². The third kappa shape index (κ3) is 4.76. The SMILES string of the molecule is O=C(CCC(=O)N1CCN(c2ccccn2)CC1)Nc1cccnc1. The number of carbonyl (C=O) groups is 2. The Hall–Kier alpha value is -2.96. The van der Waals surface area contributed by atoms with E-state index in [-0.39, 0.29) is 24.7 Å². The molecule has 0 aliphatic carbocycles. The van der Waals surface area contributed by atoms with Crippen LogP contribution < -0.4 is 10.2 Å². The predicted octanol–water partition coefficient (Wildman–Crippen LogP) is 1.54. The number of nitrogens with zero attached hydrogens (tertiary/aromatic N) is 4. The van der Waals surface area contributed by atoms with Crippen molar-refractivity contribution in [3.05, 3.63) is 48.9 Å². The minimum Gasteiger partial charge on any atom is -0.353 e. The molecule has 0 unspecified atom stereocenters. The summed E-state index contributed by atoms with van der Waals surface area (Å²) in [6.45, 7) is 2.81. The maximum atomic E-state index is 12.3. The first-order valence-electron chi connectivity index (χ1n) is 8.36. The third-order valence-electron chi connectivity index (χ3n) is 4.12. The van der Waals surface area contributed by atoms with Gasteiger partial charge in [0.2, 0.25) is 11.8 Å². The van der Waals surface area contributed by atoms with Crippen molar-refractivity contribution < 1.29 is 9.59 Å². The summed E-state index contributed by atoms with van der Waals surface area (Å²) >= 11 is 0. The second-order valence-electron chi connectivity index (χ2n) is 5.85. The van der Waals surface area contributed by atoms with Gasteiger partial charge in [0.05, 0.1) is 11.9 Å². The number of carbonyl (C=O) groups excluding carboxylic acids is 2. The summed E-state index contributed by atoms with van der Waals surface area (Å²) in [7, 11) is 0. The van der Waals surface area contributed by atoms with Gasteiger partial charge in [-0.05, 0) is 24.3 Å². The van der Waals surface area contributed by atoms with Gasteiger partial charge in [-0.2, -0.15) is 0 Å². The van der Waals surface area contributed by atoms with Crippen molar-refractivity contribution in [1.82, 2.24) is 14.9 Å². The van der Waals surface area contributed by atoms with Crippen LogP contribution in [0.1, 0.15) is 12.8 Å². The normalized spacial score (nSPS) is 14.2. The van der Waals surface area contributed by atoms with Crippen molar-refractivity contribution in [1.29, 1.82) is 0 Å². The molecule has 0 saturated carbocycles. The lowest BCUT2D eigenvalue weighted by Gasteiger charge is -2.35. The smallest absolute Gasteiger partial charge is 0.224 e. The van der Waals surface area contributed by atoms with Crippen molar-refractivity contribution in [3.8, 4) is 0 Å². The number of anilines is 2. The van der Waals surface area contributed by atoms with Gasteiger partial charge in [0, 0.05) is 51.4 Å². The van der Waals surface area contributed by atoms with Crippen LogP contribution in [0.4, 0.5) is 11.5 Å². The van der Waals surface area contributed by atoms with Crippen LogP contribution in [0.3, 0.4) is 0 Å². The van der Waals surface area contributed by atoms with Gasteiger partial charge in [0.25, 0.3) is 0 Å². The number of amides is 2. The fourth-order valence-corrected chi connectivity index (χ4v) is 2.76. The molecule has 1 aliphatic heterocycles. The van der Waals surface area contributed by atoms with Crippen molar-refractivity contribution in [3.63, 3.8) is 0 Å². The van der Waals surface area contributed by atoms with E-state index in [9.17, 15) is 9.59 Å². The van der Waals surface area contributed by atoms with E-state index in [0.29, 0.717) is 18.8 Å². The topological polar surface area (TPSA) is 78.4 Å². The molecule has 1 aliphatic rings. The molecule has 25 heavy (non-hydrogen) atoms. The maximum Gasteiger partial charge on any atom is 0.224 e. The molecule has 0 aromatic carbocycles. The molecule has 1 N–H and O–H groups in total. The van der Waals surface area contributed by atoms with E-state index in [4.69, 9.17) is 0 Å². The van der Waals surface area contributed by atoms with Crippen LogP contribution in [-0.2, 0) is 9.59 Å². The summed E-state index contributed by atoms with van der Waals surface area (Å²) in [5.41, 5.74) is 0.643. The standard InChI is InChI=1S/C18H21N5O2/c24-17(21-15-4-3-8-19-14-15)6-7-18(25)23-12-10-22(11-13-23)16-5-1-2-9-20-16/h1-5,8-9,14H,6-7,10-13H2,(H,21,24). The van der Waals surface area contributed by atoms with Crippen LogP contribution in [-0.4, -0.2) is 52.9 Å². The fraction of sp³-hybridized carbons (Fsp3) is 0.333. The van der Waals surface area contributed by atoms with Gasteiger partial charge >= 0.3 is 0 Å². The van der Waals surface area contributed by atoms with Gasteiger partial charge in [-0.25, -0.2) is 4.98 Å². The number of pyridine rings is 2. The summed E-state index contributed by atoms with van der Waals surface area (Å²) < 4.78 is 0. The molecule has 130 valence electrons. The van der Waals surface area contributed by atoms with Gasteiger partial charge in [0.1, 0.15) is 5.82 Å². The Labute approximate surface area is 146 Å². The number of aromatic nitrogens is 2. The van der Waals surface area contributed by atoms with Gasteiger partial charge in [0.15, 0.2) is 0 Å². The molecule has 1 fully saturated rings. The molecule has 2 amide bonds. The van der Waals surface area contributed by atoms with E-state index in [2.05, 4.69) is 20.2 Å². The molecule has 2 aromatic rings. The largest absolute Gasteiger partial charge is 0.353 e. The highest BCUT2D eigenvalue weighted by atomic mass is 16.2. The first kappa shape index (κ1) is 16.9. The molecule has 0 bridgehead atoms. The van der Waals surface area contributed by atoms with Crippen molar-refractivity contribution in [2.24, 2.45) is 0 Å².